The first-order valence-electron chi connectivity index (χ1n) is 9.09. The Kier molecular flexibility index (Phi) is 5.16. The van der Waals surface area contributed by atoms with Gasteiger partial charge in [-0.2, -0.15) is 0 Å². The number of furan rings is 1. The van der Waals surface area contributed by atoms with E-state index in [1.54, 1.807) is 11.0 Å². The molecule has 0 radical (unpaired) electrons. The number of nitrogens with zero attached hydrogens (tertiary/aromatic N) is 1. The molecule has 1 aliphatic rings. The van der Waals surface area contributed by atoms with Crippen molar-refractivity contribution in [1.82, 2.24) is 4.90 Å². The summed E-state index contributed by atoms with van der Waals surface area (Å²) in [7, 11) is 0. The predicted octanol–water partition coefficient (Wildman–Crippen LogP) is 4.25. The fourth-order valence-electron chi connectivity index (χ4n) is 3.51. The lowest BCUT2D eigenvalue weighted by Gasteiger charge is -2.34. The number of benzene rings is 1. The topological polar surface area (TPSA) is 70.8 Å². The van der Waals surface area contributed by atoms with Gasteiger partial charge >= 0.3 is 5.97 Å². The van der Waals surface area contributed by atoms with Crippen molar-refractivity contribution >= 4 is 11.9 Å². The molecule has 2 heterocycles. The quantitative estimate of drug-likeness (QED) is 0.890. The zero-order valence-corrected chi connectivity index (χ0v) is 15.4. The molecule has 0 bridgehead atoms. The van der Waals surface area contributed by atoms with E-state index in [0.717, 1.165) is 5.56 Å². The Balaban J connectivity index is 1.75. The lowest BCUT2D eigenvalue weighted by molar-refractivity contribution is -0.145. The summed E-state index contributed by atoms with van der Waals surface area (Å²) < 4.78 is 5.82. The molecule has 0 saturated carbocycles. The fraction of sp³-hybridized carbons (Fsp3) is 0.429. The molecule has 2 aromatic rings. The molecule has 5 nitrogen and oxygen atoms in total. The first kappa shape index (κ1) is 18.2. The Morgan fingerprint density at radius 3 is 2.65 bits per heavy atom. The second-order valence-electron chi connectivity index (χ2n) is 7.41. The number of aliphatic carboxylic acids is 1. The summed E-state index contributed by atoms with van der Waals surface area (Å²) in [5.74, 6) is -0.0162. The summed E-state index contributed by atoms with van der Waals surface area (Å²) in [6.45, 7) is 7.03. The van der Waals surface area contributed by atoms with Crippen molar-refractivity contribution in [1.29, 1.82) is 0 Å². The number of carboxylic acid groups (broad SMARTS) is 1. The minimum atomic E-state index is -0.782. The van der Waals surface area contributed by atoms with Gasteiger partial charge in [-0.1, -0.05) is 39.0 Å². The van der Waals surface area contributed by atoms with Crippen molar-refractivity contribution in [3.8, 4) is 11.3 Å². The number of carboxylic acids is 1. The molecule has 138 valence electrons. The first-order valence-corrected chi connectivity index (χ1v) is 9.09. The van der Waals surface area contributed by atoms with E-state index >= 15 is 0 Å². The monoisotopic (exact) mass is 355 g/mol. The highest BCUT2D eigenvalue weighted by molar-refractivity contribution is 5.92. The molecule has 2 unspecified atom stereocenters. The minimum Gasteiger partial charge on any atom is -0.481 e. The highest BCUT2D eigenvalue weighted by atomic mass is 16.4. The molecule has 1 aromatic heterocycles. The highest BCUT2D eigenvalue weighted by Crippen LogP contribution is 2.28. The lowest BCUT2D eigenvalue weighted by atomic mass is 9.87. The number of amides is 1. The smallest absolute Gasteiger partial charge is 0.306 e. The number of carbonyl (C=O) groups excluding carboxylic acids is 1. The molecule has 1 fully saturated rings. The molecule has 1 aromatic carbocycles. The molecule has 5 heteroatoms. The Hall–Kier alpha value is -2.56. The predicted molar refractivity (Wildman–Crippen MR) is 99.0 cm³/mol. The van der Waals surface area contributed by atoms with E-state index in [1.807, 2.05) is 25.1 Å². The highest BCUT2D eigenvalue weighted by Gasteiger charge is 2.34. The van der Waals surface area contributed by atoms with Crippen molar-refractivity contribution in [3.63, 3.8) is 0 Å². The Morgan fingerprint density at radius 2 is 2.00 bits per heavy atom. The maximum absolute atomic E-state index is 12.7. The summed E-state index contributed by atoms with van der Waals surface area (Å²) in [4.78, 5) is 25.6. The van der Waals surface area contributed by atoms with Gasteiger partial charge in [0.15, 0.2) is 5.76 Å². The average molecular weight is 355 g/mol. The second kappa shape index (κ2) is 7.36. The van der Waals surface area contributed by atoms with Gasteiger partial charge in [0.2, 0.25) is 0 Å². The van der Waals surface area contributed by atoms with E-state index in [2.05, 4.69) is 26.0 Å². The van der Waals surface area contributed by atoms with Crippen molar-refractivity contribution < 1.29 is 19.1 Å². The van der Waals surface area contributed by atoms with E-state index in [-0.39, 0.29) is 17.7 Å². The molecule has 0 aliphatic carbocycles. The third kappa shape index (κ3) is 3.66. The second-order valence-corrected chi connectivity index (χ2v) is 7.41. The number of hydrogen-bond acceptors (Lipinski definition) is 3. The van der Waals surface area contributed by atoms with Gasteiger partial charge in [-0.25, -0.2) is 0 Å². The van der Waals surface area contributed by atoms with Gasteiger partial charge in [-0.05, 0) is 42.0 Å². The van der Waals surface area contributed by atoms with Gasteiger partial charge in [0.05, 0.1) is 5.92 Å². The van der Waals surface area contributed by atoms with Gasteiger partial charge in [0.25, 0.3) is 5.91 Å². The first-order chi connectivity index (χ1) is 12.4. The lowest BCUT2D eigenvalue weighted by Crippen LogP contribution is -2.44. The van der Waals surface area contributed by atoms with Crippen LogP contribution in [0.1, 0.15) is 49.2 Å². The maximum atomic E-state index is 12.7. The van der Waals surface area contributed by atoms with Crippen molar-refractivity contribution in [2.24, 2.45) is 11.8 Å². The van der Waals surface area contributed by atoms with Crippen LogP contribution in [0, 0.1) is 11.8 Å². The Labute approximate surface area is 153 Å². The van der Waals surface area contributed by atoms with Crippen molar-refractivity contribution in [2.75, 3.05) is 13.1 Å². The van der Waals surface area contributed by atoms with E-state index in [1.165, 1.54) is 5.56 Å². The van der Waals surface area contributed by atoms with Crippen LogP contribution in [0.5, 0.6) is 0 Å². The average Bonchev–Trinajstić information content (AvgIpc) is 3.11. The molecule has 3 rings (SSSR count). The number of hydrogen-bond donors (Lipinski definition) is 1. The molecule has 1 aliphatic heterocycles. The van der Waals surface area contributed by atoms with Crippen LogP contribution in [-0.4, -0.2) is 35.0 Å². The number of piperidine rings is 1. The number of carbonyl (C=O) groups is 2. The van der Waals surface area contributed by atoms with Crippen LogP contribution in [0.3, 0.4) is 0 Å². The van der Waals surface area contributed by atoms with Crippen molar-refractivity contribution in [3.05, 3.63) is 47.7 Å². The van der Waals surface area contributed by atoms with Crippen molar-refractivity contribution in [2.45, 2.75) is 33.1 Å². The zero-order chi connectivity index (χ0) is 18.8. The van der Waals surface area contributed by atoms with Gasteiger partial charge in [0.1, 0.15) is 5.76 Å². The number of likely N-dealkylation sites (tertiary alicyclic amines) is 1. The summed E-state index contributed by atoms with van der Waals surface area (Å²) in [5.41, 5.74) is 2.17. The fourth-order valence-corrected chi connectivity index (χ4v) is 3.51. The zero-order valence-electron chi connectivity index (χ0n) is 15.4. The normalized spacial score (nSPS) is 20.4. The van der Waals surface area contributed by atoms with Crippen LogP contribution >= 0.6 is 0 Å². The third-order valence-electron chi connectivity index (χ3n) is 5.16. The summed E-state index contributed by atoms with van der Waals surface area (Å²) in [6.07, 6.45) is 0.478. The molecule has 1 saturated heterocycles. The van der Waals surface area contributed by atoms with Crippen LogP contribution in [0.15, 0.2) is 40.8 Å². The van der Waals surface area contributed by atoms with Crippen LogP contribution in [-0.2, 0) is 4.79 Å². The SMILES string of the molecule is CC(C)c1cccc(-c2ccc(C(=O)N3CCC(C(=O)O)C(C)C3)o2)c1. The van der Waals surface area contributed by atoms with Gasteiger partial charge < -0.3 is 14.4 Å². The summed E-state index contributed by atoms with van der Waals surface area (Å²) in [5, 5.41) is 9.22. The Morgan fingerprint density at radius 1 is 1.23 bits per heavy atom. The third-order valence-corrected chi connectivity index (χ3v) is 5.16. The van der Waals surface area contributed by atoms with Gasteiger partial charge in [-0.15, -0.1) is 0 Å². The largest absolute Gasteiger partial charge is 0.481 e. The van der Waals surface area contributed by atoms with Crippen LogP contribution < -0.4 is 0 Å². The van der Waals surface area contributed by atoms with Gasteiger partial charge in [-0.3, -0.25) is 9.59 Å². The molecular weight excluding hydrogens is 330 g/mol. The van der Waals surface area contributed by atoms with Gasteiger partial charge in [0, 0.05) is 18.7 Å². The van der Waals surface area contributed by atoms with E-state index < -0.39 is 5.97 Å². The molecule has 26 heavy (non-hydrogen) atoms. The standard InChI is InChI=1S/C21H25NO4/c1-13(2)15-5-4-6-16(11-15)18-7-8-19(26-18)20(23)22-10-9-17(21(24)25)14(3)12-22/h4-8,11,13-14,17H,9-10,12H2,1-3H3,(H,24,25). The maximum Gasteiger partial charge on any atom is 0.306 e. The van der Waals surface area contributed by atoms with Crippen LogP contribution in [0.2, 0.25) is 0 Å². The molecule has 0 spiro atoms. The van der Waals surface area contributed by atoms with E-state index in [4.69, 9.17) is 4.42 Å². The molecule has 1 N–H and O–H groups in total. The summed E-state index contributed by atoms with van der Waals surface area (Å²) >= 11 is 0. The van der Waals surface area contributed by atoms with Crippen LogP contribution in [0.25, 0.3) is 11.3 Å². The molecule has 2 atom stereocenters. The minimum absolute atomic E-state index is 0.0673. The van der Waals surface area contributed by atoms with E-state index in [9.17, 15) is 14.7 Å². The summed E-state index contributed by atoms with van der Waals surface area (Å²) in [6, 6.07) is 11.6. The van der Waals surface area contributed by atoms with Crippen LogP contribution in [0.4, 0.5) is 0 Å². The number of rotatable bonds is 4. The molecular formula is C21H25NO4. The van der Waals surface area contributed by atoms with E-state index in [0.29, 0.717) is 36.9 Å². The molecule has 1 amide bonds. The Bertz CT molecular complexity index is 808.